The fourth-order valence-electron chi connectivity index (χ4n) is 3.35. The van der Waals surface area contributed by atoms with Gasteiger partial charge in [-0.3, -0.25) is 9.48 Å². The number of benzene rings is 1. The molecule has 1 saturated carbocycles. The van der Waals surface area contributed by atoms with E-state index in [9.17, 15) is 4.79 Å². The maximum atomic E-state index is 12.4. The van der Waals surface area contributed by atoms with Crippen LogP contribution in [-0.2, 0) is 17.3 Å². The van der Waals surface area contributed by atoms with Gasteiger partial charge in [0.05, 0.1) is 17.3 Å². The molecule has 116 valence electrons. The van der Waals surface area contributed by atoms with Crippen molar-refractivity contribution >= 4 is 17.3 Å². The summed E-state index contributed by atoms with van der Waals surface area (Å²) in [6, 6.07) is 3.86. The number of aliphatic hydroxyl groups excluding tert-OH is 1. The van der Waals surface area contributed by atoms with Crippen LogP contribution in [0.1, 0.15) is 24.8 Å². The molecule has 2 aromatic rings. The normalized spacial score (nSPS) is 17.3. The number of aromatic nitrogens is 2. The standard InChI is InChI=1S/C15H16N4O.CH4O/c1-19-8-9(7-17-19)11-5-10(16)6-12-13(11)18-14(20)15(12)3-2-4-15;1-2/h5-8H,2-4,16H2,1H3,(H,18,20);2H,1H3. The SMILES string of the molecule is CO.Cn1cc(-c2cc(N)cc3c2NC(=O)C32CCC2)cn1. The number of hydrogen-bond acceptors (Lipinski definition) is 4. The summed E-state index contributed by atoms with van der Waals surface area (Å²) in [6.45, 7) is 0. The molecular formula is C16H20N4O2. The summed E-state index contributed by atoms with van der Waals surface area (Å²) in [5, 5.41) is 14.3. The number of rotatable bonds is 1. The van der Waals surface area contributed by atoms with Gasteiger partial charge in [0.25, 0.3) is 0 Å². The van der Waals surface area contributed by atoms with Crippen LogP contribution in [0.15, 0.2) is 24.5 Å². The Hall–Kier alpha value is -2.34. The minimum Gasteiger partial charge on any atom is -0.400 e. The molecule has 1 aromatic carbocycles. The minimum atomic E-state index is -0.332. The van der Waals surface area contributed by atoms with E-state index in [4.69, 9.17) is 10.8 Å². The number of fused-ring (bicyclic) bond motifs is 2. The van der Waals surface area contributed by atoms with Crippen LogP contribution in [0, 0.1) is 0 Å². The molecule has 0 bridgehead atoms. The average molecular weight is 300 g/mol. The van der Waals surface area contributed by atoms with Crippen LogP contribution in [0.3, 0.4) is 0 Å². The Morgan fingerprint density at radius 1 is 1.36 bits per heavy atom. The zero-order valence-electron chi connectivity index (χ0n) is 12.8. The number of nitrogens with one attached hydrogen (secondary N) is 1. The monoisotopic (exact) mass is 300 g/mol. The number of hydrogen-bond donors (Lipinski definition) is 3. The van der Waals surface area contributed by atoms with Gasteiger partial charge in [0.15, 0.2) is 0 Å². The first-order valence-corrected chi connectivity index (χ1v) is 7.29. The Morgan fingerprint density at radius 2 is 2.09 bits per heavy atom. The Labute approximate surface area is 128 Å². The predicted octanol–water partition coefficient (Wildman–Crippen LogP) is 1.65. The van der Waals surface area contributed by atoms with Crippen molar-refractivity contribution in [3.8, 4) is 11.1 Å². The van der Waals surface area contributed by atoms with Crippen molar-refractivity contribution in [1.29, 1.82) is 0 Å². The molecule has 0 saturated heterocycles. The summed E-state index contributed by atoms with van der Waals surface area (Å²) in [7, 11) is 2.88. The number of carbonyl (C=O) groups excluding carboxylic acids is 1. The largest absolute Gasteiger partial charge is 0.400 e. The van der Waals surface area contributed by atoms with Gasteiger partial charge < -0.3 is 16.2 Å². The van der Waals surface area contributed by atoms with Gasteiger partial charge in [0.2, 0.25) is 5.91 Å². The number of aryl methyl sites for hydroxylation is 1. The van der Waals surface area contributed by atoms with Crippen LogP contribution >= 0.6 is 0 Å². The van der Waals surface area contributed by atoms with Crippen molar-refractivity contribution in [2.75, 3.05) is 18.2 Å². The summed E-state index contributed by atoms with van der Waals surface area (Å²) in [5.74, 6) is 0.120. The molecule has 1 aliphatic heterocycles. The molecule has 4 N–H and O–H groups in total. The Bertz CT molecular complexity index is 732. The summed E-state index contributed by atoms with van der Waals surface area (Å²) in [5.41, 5.74) is 10.3. The molecule has 4 rings (SSSR count). The number of amides is 1. The van der Waals surface area contributed by atoms with Crippen LogP contribution in [0.5, 0.6) is 0 Å². The predicted molar refractivity (Wildman–Crippen MR) is 85.4 cm³/mol. The van der Waals surface area contributed by atoms with Crippen molar-refractivity contribution < 1.29 is 9.90 Å². The van der Waals surface area contributed by atoms with Gasteiger partial charge in [-0.05, 0) is 30.5 Å². The summed E-state index contributed by atoms with van der Waals surface area (Å²) in [4.78, 5) is 12.4. The topological polar surface area (TPSA) is 93.2 Å². The van der Waals surface area contributed by atoms with Crippen LogP contribution < -0.4 is 11.1 Å². The van der Waals surface area contributed by atoms with Gasteiger partial charge in [-0.25, -0.2) is 0 Å². The van der Waals surface area contributed by atoms with Crippen LogP contribution in [0.25, 0.3) is 11.1 Å². The summed E-state index contributed by atoms with van der Waals surface area (Å²) < 4.78 is 1.75. The lowest BCUT2D eigenvalue weighted by molar-refractivity contribution is -0.123. The third-order valence-electron chi connectivity index (χ3n) is 4.57. The second kappa shape index (κ2) is 5.14. The van der Waals surface area contributed by atoms with Gasteiger partial charge in [-0.2, -0.15) is 5.10 Å². The third-order valence-corrected chi connectivity index (χ3v) is 4.57. The van der Waals surface area contributed by atoms with Crippen molar-refractivity contribution in [2.24, 2.45) is 7.05 Å². The highest BCUT2D eigenvalue weighted by Gasteiger charge is 2.51. The molecule has 6 nitrogen and oxygen atoms in total. The molecule has 6 heteroatoms. The second-order valence-corrected chi connectivity index (χ2v) is 5.78. The lowest BCUT2D eigenvalue weighted by Gasteiger charge is -2.36. The van der Waals surface area contributed by atoms with Crippen LogP contribution in [0.2, 0.25) is 0 Å². The van der Waals surface area contributed by atoms with Gasteiger partial charge in [0.1, 0.15) is 0 Å². The number of carbonyl (C=O) groups is 1. The molecule has 2 heterocycles. The van der Waals surface area contributed by atoms with E-state index < -0.39 is 0 Å². The number of anilines is 2. The molecule has 1 fully saturated rings. The second-order valence-electron chi connectivity index (χ2n) is 5.78. The Kier molecular flexibility index (Phi) is 3.41. The van der Waals surface area contributed by atoms with E-state index in [2.05, 4.69) is 10.4 Å². The van der Waals surface area contributed by atoms with Crippen molar-refractivity contribution in [3.63, 3.8) is 0 Å². The number of nitrogens with two attached hydrogens (primary N) is 1. The van der Waals surface area contributed by atoms with E-state index in [-0.39, 0.29) is 11.3 Å². The van der Waals surface area contributed by atoms with Gasteiger partial charge in [-0.1, -0.05) is 6.42 Å². The Balaban J connectivity index is 0.000000693. The number of aliphatic hydroxyl groups is 1. The molecule has 1 amide bonds. The highest BCUT2D eigenvalue weighted by atomic mass is 16.2. The Morgan fingerprint density at radius 3 is 2.64 bits per heavy atom. The van der Waals surface area contributed by atoms with E-state index in [0.717, 1.165) is 48.8 Å². The number of nitrogen functional groups attached to an aromatic ring is 1. The maximum Gasteiger partial charge on any atom is 0.235 e. The molecule has 1 spiro atoms. The highest BCUT2D eigenvalue weighted by molar-refractivity contribution is 6.10. The molecule has 0 atom stereocenters. The highest BCUT2D eigenvalue weighted by Crippen LogP contribution is 2.53. The van der Waals surface area contributed by atoms with E-state index in [1.165, 1.54) is 0 Å². The third kappa shape index (κ3) is 1.91. The van der Waals surface area contributed by atoms with E-state index in [1.807, 2.05) is 25.4 Å². The first-order valence-electron chi connectivity index (χ1n) is 7.29. The first kappa shape index (κ1) is 14.6. The molecule has 2 aliphatic rings. The fourth-order valence-corrected chi connectivity index (χ4v) is 3.35. The van der Waals surface area contributed by atoms with E-state index in [1.54, 1.807) is 10.9 Å². The molecule has 1 aliphatic carbocycles. The van der Waals surface area contributed by atoms with Crippen molar-refractivity contribution in [2.45, 2.75) is 24.7 Å². The lowest BCUT2D eigenvalue weighted by Crippen LogP contribution is -2.40. The van der Waals surface area contributed by atoms with Gasteiger partial charge in [-0.15, -0.1) is 0 Å². The summed E-state index contributed by atoms with van der Waals surface area (Å²) >= 11 is 0. The number of nitrogens with zero attached hydrogens (tertiary/aromatic N) is 2. The zero-order valence-corrected chi connectivity index (χ0v) is 12.8. The van der Waals surface area contributed by atoms with Gasteiger partial charge in [0, 0.05) is 37.2 Å². The summed E-state index contributed by atoms with van der Waals surface area (Å²) in [6.07, 6.45) is 6.67. The van der Waals surface area contributed by atoms with E-state index in [0.29, 0.717) is 5.69 Å². The molecule has 1 aromatic heterocycles. The molecular weight excluding hydrogens is 280 g/mol. The van der Waals surface area contributed by atoms with E-state index >= 15 is 0 Å². The quantitative estimate of drug-likeness (QED) is 0.698. The molecule has 0 unspecified atom stereocenters. The fraction of sp³-hybridized carbons (Fsp3) is 0.375. The smallest absolute Gasteiger partial charge is 0.235 e. The van der Waals surface area contributed by atoms with Crippen LogP contribution in [0.4, 0.5) is 11.4 Å². The molecule has 0 radical (unpaired) electrons. The molecule has 22 heavy (non-hydrogen) atoms. The van der Waals surface area contributed by atoms with Gasteiger partial charge >= 0.3 is 0 Å². The average Bonchev–Trinajstić information content (AvgIpc) is 3.00. The maximum absolute atomic E-state index is 12.4. The minimum absolute atomic E-state index is 0.120. The zero-order chi connectivity index (χ0) is 15.9. The van der Waals surface area contributed by atoms with Crippen molar-refractivity contribution in [1.82, 2.24) is 9.78 Å². The van der Waals surface area contributed by atoms with Crippen molar-refractivity contribution in [3.05, 3.63) is 30.1 Å². The van der Waals surface area contributed by atoms with Crippen LogP contribution in [-0.4, -0.2) is 27.9 Å². The first-order chi connectivity index (χ1) is 10.6. The lowest BCUT2D eigenvalue weighted by atomic mass is 9.65.